The zero-order chi connectivity index (χ0) is 30.3. The molecule has 0 spiro atoms. The Labute approximate surface area is 250 Å². The summed E-state index contributed by atoms with van der Waals surface area (Å²) in [6, 6.07) is 10.5. The number of carbonyl (C=O) groups excluding carboxylic acids is 2. The van der Waals surface area contributed by atoms with E-state index in [1.165, 1.54) is 37.5 Å². The lowest BCUT2D eigenvalue weighted by Crippen LogP contribution is -2.55. The molecule has 43 heavy (non-hydrogen) atoms. The van der Waals surface area contributed by atoms with Crippen molar-refractivity contribution in [3.8, 4) is 0 Å². The molecule has 6 rings (SSSR count). The fourth-order valence-corrected chi connectivity index (χ4v) is 5.61. The number of nitrogens with zero attached hydrogens (tertiary/aromatic N) is 4. The molecule has 218 valence electrons. The number of nitrogens with two attached hydrogens (primary N) is 1. The number of benzene rings is 2. The highest BCUT2D eigenvalue weighted by Gasteiger charge is 2.42. The second-order valence-corrected chi connectivity index (χ2v) is 10.8. The van der Waals surface area contributed by atoms with Crippen LogP contribution in [0.1, 0.15) is 33.6 Å². The number of allylic oxidation sites excluding steroid dienone is 5. The molecular formula is C31H26ClF2N7O2. The summed E-state index contributed by atoms with van der Waals surface area (Å²) in [5, 5.41) is 5.77. The molecule has 9 nitrogen and oxygen atoms in total. The summed E-state index contributed by atoms with van der Waals surface area (Å²) in [7, 11) is 1.52. The van der Waals surface area contributed by atoms with Crippen molar-refractivity contribution < 1.29 is 18.4 Å². The summed E-state index contributed by atoms with van der Waals surface area (Å²) in [5.41, 5.74) is 8.72. The minimum atomic E-state index is -1.10. The van der Waals surface area contributed by atoms with Crippen molar-refractivity contribution in [1.82, 2.24) is 20.2 Å². The number of aliphatic imine (C=N–C) groups is 1. The second-order valence-electron chi connectivity index (χ2n) is 10.5. The van der Waals surface area contributed by atoms with Gasteiger partial charge in [-0.25, -0.2) is 23.7 Å². The van der Waals surface area contributed by atoms with E-state index in [9.17, 15) is 18.4 Å². The van der Waals surface area contributed by atoms with Crippen molar-refractivity contribution in [2.45, 2.75) is 18.4 Å². The summed E-state index contributed by atoms with van der Waals surface area (Å²) in [6.45, 7) is 0.518. The molecule has 0 bridgehead atoms. The molecule has 3 aromatic rings. The first kappa shape index (κ1) is 28.4. The van der Waals surface area contributed by atoms with Gasteiger partial charge in [-0.1, -0.05) is 23.7 Å². The number of likely N-dealkylation sites (tertiary alicyclic amines) is 1. The summed E-state index contributed by atoms with van der Waals surface area (Å²) >= 11 is 6.27. The molecule has 1 saturated heterocycles. The van der Waals surface area contributed by atoms with E-state index in [0.717, 1.165) is 5.56 Å². The van der Waals surface area contributed by atoms with Crippen LogP contribution in [0.25, 0.3) is 11.1 Å². The molecule has 0 saturated carbocycles. The van der Waals surface area contributed by atoms with Crippen LogP contribution in [0.15, 0.2) is 77.6 Å². The van der Waals surface area contributed by atoms with Crippen LogP contribution in [0.2, 0.25) is 0 Å². The smallest absolute Gasteiger partial charge is 0.253 e. The van der Waals surface area contributed by atoms with Gasteiger partial charge in [0, 0.05) is 54.9 Å². The molecule has 1 fully saturated rings. The Morgan fingerprint density at radius 1 is 1.07 bits per heavy atom. The molecule has 0 radical (unpaired) electrons. The number of halogens is 3. The number of hydrogen-bond donors (Lipinski definition) is 3. The van der Waals surface area contributed by atoms with Crippen molar-refractivity contribution in [2.24, 2.45) is 10.7 Å². The van der Waals surface area contributed by atoms with Gasteiger partial charge in [0.1, 0.15) is 22.3 Å². The third-order valence-electron chi connectivity index (χ3n) is 7.69. The van der Waals surface area contributed by atoms with Gasteiger partial charge in [0.15, 0.2) is 0 Å². The van der Waals surface area contributed by atoms with Crippen LogP contribution in [-0.4, -0.2) is 57.5 Å². The Balaban J connectivity index is 1.23. The maximum atomic E-state index is 14.8. The SMILES string of the molecule is CNC(=O)C1(N)CCN(C(=O)c2ccc(Nc3ncc4c(n3)C3=CN=C(Cl)C=C(c5c(F)cccc5F)C3=CC4)cc2)C1. The van der Waals surface area contributed by atoms with Crippen LogP contribution in [0.5, 0.6) is 0 Å². The lowest BCUT2D eigenvalue weighted by Gasteiger charge is -2.23. The Morgan fingerprint density at radius 2 is 1.81 bits per heavy atom. The Bertz CT molecular complexity index is 1760. The van der Waals surface area contributed by atoms with Gasteiger partial charge in [-0.2, -0.15) is 0 Å². The molecule has 2 aliphatic heterocycles. The van der Waals surface area contributed by atoms with Gasteiger partial charge < -0.3 is 21.3 Å². The van der Waals surface area contributed by atoms with Gasteiger partial charge in [0.2, 0.25) is 11.9 Å². The van der Waals surface area contributed by atoms with Gasteiger partial charge in [-0.15, -0.1) is 0 Å². The van der Waals surface area contributed by atoms with E-state index >= 15 is 0 Å². The van der Waals surface area contributed by atoms with Crippen LogP contribution in [0.3, 0.4) is 0 Å². The summed E-state index contributed by atoms with van der Waals surface area (Å²) in [6.07, 6.45) is 7.33. The Morgan fingerprint density at radius 3 is 2.53 bits per heavy atom. The van der Waals surface area contributed by atoms with Crippen molar-refractivity contribution in [2.75, 3.05) is 25.5 Å². The third kappa shape index (κ3) is 5.33. The summed E-state index contributed by atoms with van der Waals surface area (Å²) in [4.78, 5) is 40.1. The molecule has 12 heteroatoms. The standard InChI is InChI=1S/C31H26ClF2N7O2/c1-36-29(43)31(35)11-12-41(16-31)28(42)17-5-8-19(9-6-17)39-30-38-14-18-7-10-20-21(26-23(33)3-2-4-24(26)34)13-25(32)37-15-22(20)27(18)40-30/h2-6,8-10,13-15H,7,11-12,16,35H2,1H3,(H,36,43)(H,38,39,40). The number of carbonyl (C=O) groups is 2. The number of aromatic nitrogens is 2. The monoisotopic (exact) mass is 601 g/mol. The molecule has 3 aliphatic rings. The number of nitrogens with one attached hydrogen (secondary N) is 2. The maximum absolute atomic E-state index is 14.8. The van der Waals surface area contributed by atoms with E-state index < -0.39 is 17.2 Å². The number of amides is 2. The molecule has 2 amide bonds. The van der Waals surface area contributed by atoms with Crippen LogP contribution < -0.4 is 16.4 Å². The number of fused-ring (bicyclic) bond motifs is 3. The quantitative estimate of drug-likeness (QED) is 0.399. The molecule has 3 heterocycles. The maximum Gasteiger partial charge on any atom is 0.253 e. The topological polar surface area (TPSA) is 126 Å². The lowest BCUT2D eigenvalue weighted by atomic mass is 9.84. The first-order valence-corrected chi connectivity index (χ1v) is 13.9. The van der Waals surface area contributed by atoms with E-state index in [4.69, 9.17) is 22.3 Å². The minimum Gasteiger partial charge on any atom is -0.358 e. The lowest BCUT2D eigenvalue weighted by molar-refractivity contribution is -0.125. The number of anilines is 2. The Kier molecular flexibility index (Phi) is 7.37. The van der Waals surface area contributed by atoms with Crippen LogP contribution in [0.4, 0.5) is 20.4 Å². The summed E-state index contributed by atoms with van der Waals surface area (Å²) in [5.74, 6) is -1.67. The normalized spacial score (nSPS) is 19.2. The van der Waals surface area contributed by atoms with Crippen LogP contribution >= 0.6 is 11.6 Å². The highest BCUT2D eigenvalue weighted by molar-refractivity contribution is 6.69. The first-order chi connectivity index (χ1) is 20.7. The number of likely N-dealkylation sites (N-methyl/N-ethyl adjacent to an activating group) is 1. The molecule has 4 N–H and O–H groups in total. The van der Waals surface area contributed by atoms with Crippen LogP contribution in [-0.2, 0) is 11.2 Å². The molecule has 1 aliphatic carbocycles. The van der Waals surface area contributed by atoms with Gasteiger partial charge in [0.25, 0.3) is 5.91 Å². The van der Waals surface area contributed by atoms with Gasteiger partial charge in [0.05, 0.1) is 11.3 Å². The van der Waals surface area contributed by atoms with Crippen molar-refractivity contribution in [1.29, 1.82) is 0 Å². The predicted molar refractivity (Wildman–Crippen MR) is 161 cm³/mol. The molecule has 2 aromatic carbocycles. The molecule has 1 atom stereocenters. The molecule has 1 aromatic heterocycles. The highest BCUT2D eigenvalue weighted by Crippen LogP contribution is 2.41. The predicted octanol–water partition coefficient (Wildman–Crippen LogP) is 4.35. The van der Waals surface area contributed by atoms with Crippen molar-refractivity contribution >= 4 is 51.4 Å². The average Bonchev–Trinajstić information content (AvgIpc) is 3.33. The number of rotatable bonds is 5. The second kappa shape index (κ2) is 11.2. The Hall–Kier alpha value is -4.74. The zero-order valence-corrected chi connectivity index (χ0v) is 23.8. The van der Waals surface area contributed by atoms with E-state index in [-0.39, 0.29) is 40.6 Å². The van der Waals surface area contributed by atoms with Crippen molar-refractivity contribution in [3.05, 3.63) is 107 Å². The van der Waals surface area contributed by atoms with E-state index in [2.05, 4.69) is 20.6 Å². The highest BCUT2D eigenvalue weighted by atomic mass is 35.5. The van der Waals surface area contributed by atoms with Crippen LogP contribution in [0, 0.1) is 11.6 Å². The first-order valence-electron chi connectivity index (χ1n) is 13.5. The van der Waals surface area contributed by atoms with E-state index in [0.29, 0.717) is 47.5 Å². The fraction of sp³-hybridized carbons (Fsp3) is 0.194. The van der Waals surface area contributed by atoms with E-state index in [1.54, 1.807) is 35.4 Å². The fourth-order valence-electron chi connectivity index (χ4n) is 5.46. The van der Waals surface area contributed by atoms with Gasteiger partial charge in [-0.05, 0) is 66.5 Å². The van der Waals surface area contributed by atoms with Gasteiger partial charge >= 0.3 is 0 Å². The number of hydrogen-bond acceptors (Lipinski definition) is 7. The zero-order valence-electron chi connectivity index (χ0n) is 23.0. The minimum absolute atomic E-state index is 0.0729. The largest absolute Gasteiger partial charge is 0.358 e. The molecule has 1 unspecified atom stereocenters. The van der Waals surface area contributed by atoms with Crippen molar-refractivity contribution in [3.63, 3.8) is 0 Å². The third-order valence-corrected chi connectivity index (χ3v) is 7.90. The van der Waals surface area contributed by atoms with E-state index in [1.807, 2.05) is 6.08 Å². The van der Waals surface area contributed by atoms with Gasteiger partial charge in [-0.3, -0.25) is 9.59 Å². The summed E-state index contributed by atoms with van der Waals surface area (Å²) < 4.78 is 29.6. The molecular weight excluding hydrogens is 576 g/mol. The average molecular weight is 602 g/mol.